The van der Waals surface area contributed by atoms with Crippen LogP contribution in [0.3, 0.4) is 0 Å². The third-order valence-corrected chi connectivity index (χ3v) is 4.24. The minimum atomic E-state index is -0.169. The second-order valence-corrected chi connectivity index (χ2v) is 5.74. The average Bonchev–Trinajstić information content (AvgIpc) is 2.42. The van der Waals surface area contributed by atoms with Crippen molar-refractivity contribution in [3.63, 3.8) is 0 Å². The molecule has 2 N–H and O–H groups in total. The number of nitrogens with zero attached hydrogens (tertiary/aromatic N) is 1. The molecule has 2 nitrogen and oxygen atoms in total. The Morgan fingerprint density at radius 1 is 1.42 bits per heavy atom. The van der Waals surface area contributed by atoms with E-state index in [4.69, 9.17) is 18.0 Å². The van der Waals surface area contributed by atoms with Crippen LogP contribution in [-0.2, 0) is 6.54 Å². The van der Waals surface area contributed by atoms with Crippen LogP contribution in [0.5, 0.6) is 0 Å². The molecule has 0 unspecified atom stereocenters. The zero-order valence-electron chi connectivity index (χ0n) is 11.4. The Kier molecular flexibility index (Phi) is 4.88. The summed E-state index contributed by atoms with van der Waals surface area (Å²) in [5.41, 5.74) is 7.04. The van der Waals surface area contributed by atoms with Gasteiger partial charge in [0, 0.05) is 17.7 Å². The maximum Gasteiger partial charge on any atom is 0.127 e. The van der Waals surface area contributed by atoms with Gasteiger partial charge in [0.2, 0.25) is 0 Å². The lowest BCUT2D eigenvalue weighted by atomic mass is 9.94. The average molecular weight is 280 g/mol. The first-order chi connectivity index (χ1) is 9.10. The van der Waals surface area contributed by atoms with E-state index in [1.807, 2.05) is 0 Å². The minimum Gasteiger partial charge on any atom is -0.389 e. The number of benzene rings is 1. The minimum absolute atomic E-state index is 0.169. The van der Waals surface area contributed by atoms with Crippen LogP contribution in [0.2, 0.25) is 0 Å². The highest BCUT2D eigenvalue weighted by molar-refractivity contribution is 7.80. The van der Waals surface area contributed by atoms with Crippen LogP contribution >= 0.6 is 12.2 Å². The molecule has 1 saturated heterocycles. The number of rotatable bonds is 4. The van der Waals surface area contributed by atoms with Crippen molar-refractivity contribution in [2.24, 2.45) is 11.7 Å². The lowest BCUT2D eigenvalue weighted by molar-refractivity contribution is 0.173. The zero-order valence-corrected chi connectivity index (χ0v) is 12.2. The summed E-state index contributed by atoms with van der Waals surface area (Å²) in [5, 5.41) is 0. The number of halogens is 1. The van der Waals surface area contributed by atoms with Crippen LogP contribution in [0.15, 0.2) is 18.2 Å². The molecule has 104 valence electrons. The SMILES string of the molecule is CCC1CCN(Cc2cc(C(N)=S)ccc2F)CC1. The van der Waals surface area contributed by atoms with Gasteiger partial charge >= 0.3 is 0 Å². The van der Waals surface area contributed by atoms with E-state index >= 15 is 0 Å². The predicted octanol–water partition coefficient (Wildman–Crippen LogP) is 3.08. The van der Waals surface area contributed by atoms with Crippen molar-refractivity contribution >= 4 is 17.2 Å². The van der Waals surface area contributed by atoms with Gasteiger partial charge in [0.15, 0.2) is 0 Å². The van der Waals surface area contributed by atoms with Crippen LogP contribution < -0.4 is 5.73 Å². The molecule has 2 rings (SSSR count). The van der Waals surface area contributed by atoms with E-state index in [0.29, 0.717) is 17.1 Å². The molecule has 0 atom stereocenters. The van der Waals surface area contributed by atoms with Crippen LogP contribution in [0.4, 0.5) is 4.39 Å². The third-order valence-electron chi connectivity index (χ3n) is 4.01. The van der Waals surface area contributed by atoms with Crippen LogP contribution in [0.1, 0.15) is 37.3 Å². The monoisotopic (exact) mass is 280 g/mol. The summed E-state index contributed by atoms with van der Waals surface area (Å²) in [6.45, 7) is 4.99. The highest BCUT2D eigenvalue weighted by atomic mass is 32.1. The number of piperidine rings is 1. The molecular formula is C15H21FN2S. The van der Waals surface area contributed by atoms with Crippen molar-refractivity contribution in [2.75, 3.05) is 13.1 Å². The molecule has 0 bridgehead atoms. The molecule has 0 aliphatic carbocycles. The standard InChI is InChI=1S/C15H21FN2S/c1-2-11-5-7-18(8-6-11)10-13-9-12(15(17)19)3-4-14(13)16/h3-4,9,11H,2,5-8,10H2,1H3,(H2,17,19). The van der Waals surface area contributed by atoms with Gasteiger partial charge < -0.3 is 5.73 Å². The molecule has 1 aromatic rings. The van der Waals surface area contributed by atoms with Gasteiger partial charge in [-0.25, -0.2) is 4.39 Å². The summed E-state index contributed by atoms with van der Waals surface area (Å²) in [5.74, 6) is 0.668. The molecule has 1 aromatic carbocycles. The first-order valence-corrected chi connectivity index (χ1v) is 7.31. The Hall–Kier alpha value is -1.00. The quantitative estimate of drug-likeness (QED) is 0.859. The zero-order chi connectivity index (χ0) is 13.8. The summed E-state index contributed by atoms with van der Waals surface area (Å²) in [6, 6.07) is 4.89. The molecule has 0 spiro atoms. The Bertz CT molecular complexity index is 453. The van der Waals surface area contributed by atoms with Gasteiger partial charge in [0.25, 0.3) is 0 Å². The summed E-state index contributed by atoms with van der Waals surface area (Å²) in [6.07, 6.45) is 3.68. The topological polar surface area (TPSA) is 29.3 Å². The van der Waals surface area contributed by atoms with Crippen molar-refractivity contribution < 1.29 is 4.39 Å². The number of likely N-dealkylation sites (tertiary alicyclic amines) is 1. The molecule has 1 aliphatic rings. The third kappa shape index (κ3) is 3.74. The van der Waals surface area contributed by atoms with Gasteiger partial charge in [0.05, 0.1) is 0 Å². The summed E-state index contributed by atoms with van der Waals surface area (Å²) >= 11 is 4.94. The maximum absolute atomic E-state index is 13.8. The Labute approximate surface area is 119 Å². The lowest BCUT2D eigenvalue weighted by Gasteiger charge is -2.31. The molecule has 4 heteroatoms. The van der Waals surface area contributed by atoms with E-state index in [0.717, 1.165) is 24.6 Å². The molecule has 1 fully saturated rings. The van der Waals surface area contributed by atoms with Gasteiger partial charge in [-0.3, -0.25) is 4.90 Å². The van der Waals surface area contributed by atoms with Gasteiger partial charge in [-0.05, 0) is 50.0 Å². The molecule has 0 aromatic heterocycles. The van der Waals surface area contributed by atoms with Crippen LogP contribution in [0, 0.1) is 11.7 Å². The Morgan fingerprint density at radius 2 is 2.11 bits per heavy atom. The molecule has 0 radical (unpaired) electrons. The largest absolute Gasteiger partial charge is 0.389 e. The van der Waals surface area contributed by atoms with E-state index < -0.39 is 0 Å². The maximum atomic E-state index is 13.8. The molecule has 1 heterocycles. The van der Waals surface area contributed by atoms with Crippen LogP contribution in [-0.4, -0.2) is 23.0 Å². The number of thiocarbonyl (C=S) groups is 1. The number of hydrogen-bond donors (Lipinski definition) is 1. The first kappa shape index (κ1) is 14.4. The van der Waals surface area contributed by atoms with E-state index in [-0.39, 0.29) is 5.82 Å². The second-order valence-electron chi connectivity index (χ2n) is 5.30. The van der Waals surface area contributed by atoms with E-state index in [1.54, 1.807) is 12.1 Å². The lowest BCUT2D eigenvalue weighted by Crippen LogP contribution is -2.33. The fraction of sp³-hybridized carbons (Fsp3) is 0.533. The van der Waals surface area contributed by atoms with Gasteiger partial charge in [-0.15, -0.1) is 0 Å². The van der Waals surface area contributed by atoms with Crippen molar-refractivity contribution in [1.82, 2.24) is 4.90 Å². The van der Waals surface area contributed by atoms with E-state index in [1.165, 1.54) is 25.3 Å². The molecule has 1 aliphatic heterocycles. The van der Waals surface area contributed by atoms with Crippen LogP contribution in [0.25, 0.3) is 0 Å². The predicted molar refractivity (Wildman–Crippen MR) is 80.6 cm³/mol. The molecule has 19 heavy (non-hydrogen) atoms. The smallest absolute Gasteiger partial charge is 0.127 e. The molecule has 0 saturated carbocycles. The van der Waals surface area contributed by atoms with Crippen molar-refractivity contribution in [3.8, 4) is 0 Å². The van der Waals surface area contributed by atoms with Gasteiger partial charge in [-0.2, -0.15) is 0 Å². The highest BCUT2D eigenvalue weighted by Crippen LogP contribution is 2.22. The van der Waals surface area contributed by atoms with Crippen molar-refractivity contribution in [3.05, 3.63) is 35.1 Å². The molecular weight excluding hydrogens is 259 g/mol. The van der Waals surface area contributed by atoms with Gasteiger partial charge in [0.1, 0.15) is 10.8 Å². The summed E-state index contributed by atoms with van der Waals surface area (Å²) < 4.78 is 13.8. The fourth-order valence-electron chi connectivity index (χ4n) is 2.64. The Morgan fingerprint density at radius 3 is 2.68 bits per heavy atom. The summed E-state index contributed by atoms with van der Waals surface area (Å²) in [4.78, 5) is 2.64. The Balaban J connectivity index is 2.03. The van der Waals surface area contributed by atoms with E-state index in [9.17, 15) is 4.39 Å². The fourth-order valence-corrected chi connectivity index (χ4v) is 2.77. The number of nitrogens with two attached hydrogens (primary N) is 1. The molecule has 0 amide bonds. The van der Waals surface area contributed by atoms with Gasteiger partial charge in [-0.1, -0.05) is 25.6 Å². The summed E-state index contributed by atoms with van der Waals surface area (Å²) in [7, 11) is 0. The second kappa shape index (κ2) is 6.44. The number of hydrogen-bond acceptors (Lipinski definition) is 2. The van der Waals surface area contributed by atoms with Crippen molar-refractivity contribution in [1.29, 1.82) is 0 Å². The van der Waals surface area contributed by atoms with Crippen molar-refractivity contribution in [2.45, 2.75) is 32.7 Å². The first-order valence-electron chi connectivity index (χ1n) is 6.90. The normalized spacial score (nSPS) is 17.6. The van der Waals surface area contributed by atoms with E-state index in [2.05, 4.69) is 11.8 Å². The highest BCUT2D eigenvalue weighted by Gasteiger charge is 2.18.